The van der Waals surface area contributed by atoms with Crippen molar-refractivity contribution >= 4 is 16.9 Å². The van der Waals surface area contributed by atoms with Gasteiger partial charge in [0.25, 0.3) is 0 Å². The van der Waals surface area contributed by atoms with E-state index in [-0.39, 0.29) is 5.76 Å². The number of hydrogen-bond acceptors (Lipinski definition) is 4. The quantitative estimate of drug-likeness (QED) is 0.861. The molecule has 0 atom stereocenters. The van der Waals surface area contributed by atoms with Crippen molar-refractivity contribution < 1.29 is 23.8 Å². The summed E-state index contributed by atoms with van der Waals surface area (Å²) in [7, 11) is 3.01. The van der Waals surface area contributed by atoms with Crippen LogP contribution in [0.5, 0.6) is 11.5 Å². The fraction of sp³-hybridized carbons (Fsp3) is 0.182. The Kier molecular flexibility index (Phi) is 2.44. The van der Waals surface area contributed by atoms with Crippen molar-refractivity contribution in [2.75, 3.05) is 14.2 Å². The molecule has 5 heteroatoms. The summed E-state index contributed by atoms with van der Waals surface area (Å²) in [5, 5.41) is 9.39. The highest BCUT2D eigenvalue weighted by Gasteiger charge is 2.16. The molecule has 0 saturated heterocycles. The standard InChI is InChI=1S/C11H10O5/c1-14-8-4-3-7-6(10(8)15-2)5-9(16-7)11(12)13/h3-5H,1-2H3,(H,12,13). The van der Waals surface area contributed by atoms with E-state index >= 15 is 0 Å². The molecule has 0 bridgehead atoms. The van der Waals surface area contributed by atoms with Crippen molar-refractivity contribution in [1.82, 2.24) is 0 Å². The van der Waals surface area contributed by atoms with E-state index < -0.39 is 5.97 Å². The molecular weight excluding hydrogens is 212 g/mol. The molecule has 0 amide bonds. The fourth-order valence-corrected chi connectivity index (χ4v) is 1.54. The van der Waals surface area contributed by atoms with Crippen LogP contribution in [0.1, 0.15) is 10.6 Å². The molecule has 0 aliphatic rings. The Labute approximate surface area is 91.2 Å². The number of hydrogen-bond donors (Lipinski definition) is 1. The van der Waals surface area contributed by atoms with E-state index in [2.05, 4.69) is 0 Å². The van der Waals surface area contributed by atoms with Gasteiger partial charge in [-0.2, -0.15) is 0 Å². The number of ether oxygens (including phenoxy) is 2. The minimum atomic E-state index is -1.11. The summed E-state index contributed by atoms with van der Waals surface area (Å²) in [5.41, 5.74) is 0.454. The maximum Gasteiger partial charge on any atom is 0.371 e. The van der Waals surface area contributed by atoms with Gasteiger partial charge < -0.3 is 19.0 Å². The Morgan fingerprint density at radius 2 is 2.06 bits per heavy atom. The van der Waals surface area contributed by atoms with E-state index in [1.165, 1.54) is 20.3 Å². The molecular formula is C11H10O5. The molecule has 1 aromatic heterocycles. The van der Waals surface area contributed by atoms with Crippen LogP contribution in [0.4, 0.5) is 0 Å². The topological polar surface area (TPSA) is 68.9 Å². The summed E-state index contributed by atoms with van der Waals surface area (Å²) in [4.78, 5) is 10.8. The first-order valence-corrected chi connectivity index (χ1v) is 4.55. The van der Waals surface area contributed by atoms with E-state index in [1.807, 2.05) is 0 Å². The van der Waals surface area contributed by atoms with Crippen molar-refractivity contribution in [3.8, 4) is 11.5 Å². The van der Waals surface area contributed by atoms with Crippen LogP contribution in [0.3, 0.4) is 0 Å². The third kappa shape index (κ3) is 1.46. The summed E-state index contributed by atoms with van der Waals surface area (Å²) in [6, 6.07) is 4.72. The van der Waals surface area contributed by atoms with Gasteiger partial charge in [0.1, 0.15) is 5.58 Å². The molecule has 84 valence electrons. The molecule has 0 aliphatic heterocycles. The molecule has 0 fully saturated rings. The fourth-order valence-electron chi connectivity index (χ4n) is 1.54. The molecule has 2 rings (SSSR count). The van der Waals surface area contributed by atoms with Gasteiger partial charge in [-0.3, -0.25) is 0 Å². The summed E-state index contributed by atoms with van der Waals surface area (Å²) in [6.45, 7) is 0. The number of carboxylic acids is 1. The zero-order valence-corrected chi connectivity index (χ0v) is 8.81. The van der Waals surface area contributed by atoms with Crippen LogP contribution in [0.2, 0.25) is 0 Å². The number of aromatic carboxylic acids is 1. The van der Waals surface area contributed by atoms with Crippen molar-refractivity contribution in [3.05, 3.63) is 24.0 Å². The summed E-state index contributed by atoms with van der Waals surface area (Å²) < 4.78 is 15.4. The van der Waals surface area contributed by atoms with Gasteiger partial charge in [-0.15, -0.1) is 0 Å². The number of fused-ring (bicyclic) bond motifs is 1. The van der Waals surface area contributed by atoms with E-state index in [0.29, 0.717) is 22.5 Å². The zero-order valence-electron chi connectivity index (χ0n) is 8.81. The van der Waals surface area contributed by atoms with Crippen molar-refractivity contribution in [2.24, 2.45) is 0 Å². The number of carbonyl (C=O) groups is 1. The average molecular weight is 222 g/mol. The van der Waals surface area contributed by atoms with Gasteiger partial charge in [-0.1, -0.05) is 0 Å². The van der Waals surface area contributed by atoms with Gasteiger partial charge in [-0.25, -0.2) is 4.79 Å². The molecule has 1 N–H and O–H groups in total. The lowest BCUT2D eigenvalue weighted by Gasteiger charge is -2.06. The molecule has 0 radical (unpaired) electrons. The van der Waals surface area contributed by atoms with E-state index in [4.69, 9.17) is 19.0 Å². The number of rotatable bonds is 3. The minimum Gasteiger partial charge on any atom is -0.493 e. The monoisotopic (exact) mass is 222 g/mol. The van der Waals surface area contributed by atoms with Crippen LogP contribution < -0.4 is 9.47 Å². The van der Waals surface area contributed by atoms with E-state index in [9.17, 15) is 4.79 Å². The largest absolute Gasteiger partial charge is 0.493 e. The van der Waals surface area contributed by atoms with Gasteiger partial charge in [0, 0.05) is 6.07 Å². The summed E-state index contributed by atoms with van der Waals surface area (Å²) >= 11 is 0. The van der Waals surface area contributed by atoms with Crippen LogP contribution >= 0.6 is 0 Å². The summed E-state index contributed by atoms with van der Waals surface area (Å²) in [5.74, 6) is -0.234. The Morgan fingerprint density at radius 3 is 2.62 bits per heavy atom. The zero-order chi connectivity index (χ0) is 11.7. The van der Waals surface area contributed by atoms with Crippen LogP contribution in [-0.2, 0) is 0 Å². The minimum absolute atomic E-state index is 0.124. The third-order valence-electron chi connectivity index (χ3n) is 2.25. The molecule has 0 aliphatic carbocycles. The van der Waals surface area contributed by atoms with Crippen molar-refractivity contribution in [1.29, 1.82) is 0 Å². The van der Waals surface area contributed by atoms with Crippen LogP contribution in [-0.4, -0.2) is 25.3 Å². The first-order valence-electron chi connectivity index (χ1n) is 4.55. The molecule has 1 aromatic carbocycles. The first-order chi connectivity index (χ1) is 7.67. The maximum atomic E-state index is 10.8. The SMILES string of the molecule is COc1ccc2oc(C(=O)O)cc2c1OC. The highest BCUT2D eigenvalue weighted by Crippen LogP contribution is 2.36. The van der Waals surface area contributed by atoms with E-state index in [1.54, 1.807) is 12.1 Å². The predicted octanol–water partition coefficient (Wildman–Crippen LogP) is 2.15. The molecule has 0 unspecified atom stereocenters. The van der Waals surface area contributed by atoms with Gasteiger partial charge in [-0.05, 0) is 12.1 Å². The van der Waals surface area contributed by atoms with Crippen molar-refractivity contribution in [3.63, 3.8) is 0 Å². The second-order valence-electron chi connectivity index (χ2n) is 3.13. The molecule has 1 heterocycles. The second-order valence-corrected chi connectivity index (χ2v) is 3.13. The smallest absolute Gasteiger partial charge is 0.371 e. The van der Waals surface area contributed by atoms with Gasteiger partial charge >= 0.3 is 5.97 Å². The molecule has 0 saturated carbocycles. The highest BCUT2D eigenvalue weighted by molar-refractivity contribution is 5.95. The Balaban J connectivity index is 2.71. The highest BCUT2D eigenvalue weighted by atomic mass is 16.5. The van der Waals surface area contributed by atoms with Gasteiger partial charge in [0.2, 0.25) is 5.76 Å². The van der Waals surface area contributed by atoms with E-state index in [0.717, 1.165) is 0 Å². The predicted molar refractivity (Wildman–Crippen MR) is 56.3 cm³/mol. The second kappa shape index (κ2) is 3.77. The van der Waals surface area contributed by atoms with Crippen LogP contribution in [0, 0.1) is 0 Å². The average Bonchev–Trinajstić information content (AvgIpc) is 2.71. The Bertz CT molecular complexity index is 541. The Hall–Kier alpha value is -2.17. The number of methoxy groups -OCH3 is 2. The van der Waals surface area contributed by atoms with Crippen LogP contribution in [0.25, 0.3) is 11.0 Å². The van der Waals surface area contributed by atoms with Gasteiger partial charge in [0.15, 0.2) is 11.5 Å². The molecule has 2 aromatic rings. The molecule has 5 nitrogen and oxygen atoms in total. The Morgan fingerprint density at radius 1 is 1.31 bits per heavy atom. The lowest BCUT2D eigenvalue weighted by atomic mass is 10.2. The third-order valence-corrected chi connectivity index (χ3v) is 2.25. The van der Waals surface area contributed by atoms with Crippen molar-refractivity contribution in [2.45, 2.75) is 0 Å². The molecule has 16 heavy (non-hydrogen) atoms. The first kappa shape index (κ1) is 10.4. The lowest BCUT2D eigenvalue weighted by molar-refractivity contribution is 0.0665. The van der Waals surface area contributed by atoms with Gasteiger partial charge in [0.05, 0.1) is 19.6 Å². The number of benzene rings is 1. The van der Waals surface area contributed by atoms with Crippen LogP contribution in [0.15, 0.2) is 22.6 Å². The number of carboxylic acid groups (broad SMARTS) is 1. The normalized spacial score (nSPS) is 10.4. The molecule has 0 spiro atoms. The lowest BCUT2D eigenvalue weighted by Crippen LogP contribution is -1.91. The summed E-state index contributed by atoms with van der Waals surface area (Å²) in [6.07, 6.45) is 0. The maximum absolute atomic E-state index is 10.8. The number of furan rings is 1.